The standard InChI is InChI=1S/C14H18ClN3S/c1-10-8-17-18(9-10)6-5-16-12-3-2-4-13-11(12)7-14(15)19-13/h7-9,12,16H,2-6H2,1H3. The Morgan fingerprint density at radius 2 is 2.47 bits per heavy atom. The summed E-state index contributed by atoms with van der Waals surface area (Å²) in [6.45, 7) is 3.92. The fraction of sp³-hybridized carbons (Fsp3) is 0.500. The van der Waals surface area contributed by atoms with Crippen LogP contribution in [0.15, 0.2) is 18.5 Å². The van der Waals surface area contributed by atoms with Crippen LogP contribution in [-0.2, 0) is 13.0 Å². The Labute approximate surface area is 122 Å². The molecule has 1 aliphatic rings. The van der Waals surface area contributed by atoms with Gasteiger partial charge in [0.15, 0.2) is 0 Å². The largest absolute Gasteiger partial charge is 0.308 e. The minimum absolute atomic E-state index is 0.462. The lowest BCUT2D eigenvalue weighted by Gasteiger charge is -2.23. The fourth-order valence-electron chi connectivity index (χ4n) is 2.68. The fourth-order valence-corrected chi connectivity index (χ4v) is 4.06. The molecule has 0 bridgehead atoms. The van der Waals surface area contributed by atoms with Gasteiger partial charge in [0.25, 0.3) is 0 Å². The zero-order chi connectivity index (χ0) is 13.2. The van der Waals surface area contributed by atoms with Crippen LogP contribution in [0, 0.1) is 6.92 Å². The summed E-state index contributed by atoms with van der Waals surface area (Å²) >= 11 is 7.86. The molecule has 0 saturated carbocycles. The number of aryl methyl sites for hydroxylation is 2. The van der Waals surface area contributed by atoms with Crippen LogP contribution in [-0.4, -0.2) is 16.3 Å². The van der Waals surface area contributed by atoms with Crippen molar-refractivity contribution < 1.29 is 0 Å². The third-order valence-electron chi connectivity index (χ3n) is 3.58. The zero-order valence-electron chi connectivity index (χ0n) is 11.0. The number of hydrogen-bond donors (Lipinski definition) is 1. The Bertz CT molecular complexity index is 561. The van der Waals surface area contributed by atoms with Crippen molar-refractivity contribution in [1.29, 1.82) is 0 Å². The molecule has 1 aliphatic carbocycles. The first-order valence-electron chi connectivity index (χ1n) is 6.73. The van der Waals surface area contributed by atoms with Gasteiger partial charge >= 0.3 is 0 Å². The van der Waals surface area contributed by atoms with Crippen LogP contribution in [0.1, 0.15) is 34.9 Å². The van der Waals surface area contributed by atoms with Crippen LogP contribution in [0.5, 0.6) is 0 Å². The zero-order valence-corrected chi connectivity index (χ0v) is 12.6. The first kappa shape index (κ1) is 13.2. The predicted molar refractivity (Wildman–Crippen MR) is 80.0 cm³/mol. The monoisotopic (exact) mass is 295 g/mol. The van der Waals surface area contributed by atoms with Gasteiger partial charge in [-0.3, -0.25) is 4.68 Å². The second kappa shape index (κ2) is 5.65. The highest BCUT2D eigenvalue weighted by atomic mass is 35.5. The second-order valence-corrected chi connectivity index (χ2v) is 6.88. The summed E-state index contributed by atoms with van der Waals surface area (Å²) < 4.78 is 2.91. The number of halogens is 1. The quantitative estimate of drug-likeness (QED) is 0.934. The number of rotatable bonds is 4. The Balaban J connectivity index is 1.59. The van der Waals surface area contributed by atoms with Gasteiger partial charge in [-0.2, -0.15) is 5.10 Å². The molecule has 5 heteroatoms. The van der Waals surface area contributed by atoms with Gasteiger partial charge in [-0.1, -0.05) is 11.6 Å². The predicted octanol–water partition coefficient (Wildman–Crippen LogP) is 3.57. The summed E-state index contributed by atoms with van der Waals surface area (Å²) in [5.41, 5.74) is 2.63. The molecule has 3 nitrogen and oxygen atoms in total. The third-order valence-corrected chi connectivity index (χ3v) is 4.92. The molecule has 0 spiro atoms. The summed E-state index contributed by atoms with van der Waals surface area (Å²) in [5, 5.41) is 7.94. The van der Waals surface area contributed by atoms with Gasteiger partial charge in [-0.15, -0.1) is 11.3 Å². The van der Waals surface area contributed by atoms with E-state index in [1.807, 2.05) is 10.9 Å². The molecule has 1 atom stereocenters. The molecule has 19 heavy (non-hydrogen) atoms. The summed E-state index contributed by atoms with van der Waals surface area (Å²) in [7, 11) is 0. The van der Waals surface area contributed by atoms with Crippen LogP contribution >= 0.6 is 22.9 Å². The maximum absolute atomic E-state index is 6.13. The van der Waals surface area contributed by atoms with Gasteiger partial charge in [-0.05, 0) is 43.4 Å². The van der Waals surface area contributed by atoms with Gasteiger partial charge in [0, 0.05) is 23.7 Å². The topological polar surface area (TPSA) is 29.9 Å². The Kier molecular flexibility index (Phi) is 3.91. The van der Waals surface area contributed by atoms with E-state index in [0.717, 1.165) is 17.4 Å². The highest BCUT2D eigenvalue weighted by Gasteiger charge is 2.22. The molecule has 2 aromatic heterocycles. The number of nitrogens with one attached hydrogen (secondary N) is 1. The van der Waals surface area contributed by atoms with Crippen molar-refractivity contribution in [3.8, 4) is 0 Å². The molecule has 0 saturated heterocycles. The summed E-state index contributed by atoms with van der Waals surface area (Å²) in [6, 6.07) is 2.60. The molecule has 2 aromatic rings. The molecule has 1 unspecified atom stereocenters. The van der Waals surface area contributed by atoms with E-state index in [9.17, 15) is 0 Å². The lowest BCUT2D eigenvalue weighted by Crippen LogP contribution is -2.27. The summed E-state index contributed by atoms with van der Waals surface area (Å²) in [4.78, 5) is 1.46. The third kappa shape index (κ3) is 3.02. The first-order chi connectivity index (χ1) is 9.22. The van der Waals surface area contributed by atoms with Crippen molar-refractivity contribution in [2.24, 2.45) is 0 Å². The van der Waals surface area contributed by atoms with Gasteiger partial charge in [0.2, 0.25) is 0 Å². The average Bonchev–Trinajstić information content (AvgIpc) is 2.95. The molecule has 1 N–H and O–H groups in total. The molecule has 3 rings (SSSR count). The number of aromatic nitrogens is 2. The van der Waals surface area contributed by atoms with E-state index in [-0.39, 0.29) is 0 Å². The molecular weight excluding hydrogens is 278 g/mol. The Hall–Kier alpha value is -0.840. The van der Waals surface area contributed by atoms with Crippen molar-refractivity contribution >= 4 is 22.9 Å². The summed E-state index contributed by atoms with van der Waals surface area (Å²) in [5.74, 6) is 0. The van der Waals surface area contributed by atoms with Gasteiger partial charge in [0.1, 0.15) is 0 Å². The minimum Gasteiger partial charge on any atom is -0.308 e. The lowest BCUT2D eigenvalue weighted by molar-refractivity contribution is 0.440. The van der Waals surface area contributed by atoms with Crippen molar-refractivity contribution in [2.75, 3.05) is 6.54 Å². The molecule has 0 amide bonds. The van der Waals surface area contributed by atoms with Crippen LogP contribution in [0.3, 0.4) is 0 Å². The number of thiophene rings is 1. The van der Waals surface area contributed by atoms with Gasteiger partial charge in [0.05, 0.1) is 17.1 Å². The molecule has 0 aliphatic heterocycles. The maximum Gasteiger partial charge on any atom is 0.0934 e. The Morgan fingerprint density at radius 3 is 3.26 bits per heavy atom. The SMILES string of the molecule is Cc1cnn(CCNC2CCCc3sc(Cl)cc32)c1. The van der Waals surface area contributed by atoms with E-state index in [1.165, 1.54) is 35.3 Å². The van der Waals surface area contributed by atoms with Crippen LogP contribution < -0.4 is 5.32 Å². The van der Waals surface area contributed by atoms with E-state index in [1.54, 1.807) is 11.3 Å². The van der Waals surface area contributed by atoms with E-state index in [0.29, 0.717) is 6.04 Å². The van der Waals surface area contributed by atoms with E-state index < -0.39 is 0 Å². The molecule has 0 fully saturated rings. The minimum atomic E-state index is 0.462. The highest BCUT2D eigenvalue weighted by molar-refractivity contribution is 7.16. The van der Waals surface area contributed by atoms with Crippen molar-refractivity contribution in [3.05, 3.63) is 38.8 Å². The molecule has 2 heterocycles. The second-order valence-electron chi connectivity index (χ2n) is 5.11. The van der Waals surface area contributed by atoms with Gasteiger partial charge < -0.3 is 5.32 Å². The first-order valence-corrected chi connectivity index (χ1v) is 7.92. The average molecular weight is 296 g/mol. The number of hydrogen-bond acceptors (Lipinski definition) is 3. The molecule has 102 valence electrons. The Morgan fingerprint density at radius 1 is 1.58 bits per heavy atom. The van der Waals surface area contributed by atoms with Crippen molar-refractivity contribution in [2.45, 2.75) is 38.8 Å². The van der Waals surface area contributed by atoms with E-state index in [2.05, 4.69) is 29.6 Å². The molecule has 0 radical (unpaired) electrons. The smallest absolute Gasteiger partial charge is 0.0934 e. The number of nitrogens with zero attached hydrogens (tertiary/aromatic N) is 2. The molecular formula is C14H18ClN3S. The van der Waals surface area contributed by atoms with Crippen LogP contribution in [0.2, 0.25) is 4.34 Å². The van der Waals surface area contributed by atoms with Crippen LogP contribution in [0.25, 0.3) is 0 Å². The highest BCUT2D eigenvalue weighted by Crippen LogP contribution is 2.37. The maximum atomic E-state index is 6.13. The van der Waals surface area contributed by atoms with Crippen LogP contribution in [0.4, 0.5) is 0 Å². The van der Waals surface area contributed by atoms with Crippen molar-refractivity contribution in [3.63, 3.8) is 0 Å². The summed E-state index contributed by atoms with van der Waals surface area (Å²) in [6.07, 6.45) is 7.62. The normalized spacial score (nSPS) is 18.5. The number of fused-ring (bicyclic) bond motifs is 1. The van der Waals surface area contributed by atoms with Gasteiger partial charge in [-0.25, -0.2) is 0 Å². The molecule has 0 aromatic carbocycles. The lowest BCUT2D eigenvalue weighted by atomic mass is 9.94. The van der Waals surface area contributed by atoms with Crippen molar-refractivity contribution in [1.82, 2.24) is 15.1 Å². The van der Waals surface area contributed by atoms with E-state index in [4.69, 9.17) is 11.6 Å². The van der Waals surface area contributed by atoms with E-state index >= 15 is 0 Å².